The van der Waals surface area contributed by atoms with Gasteiger partial charge in [0.2, 0.25) is 16.8 Å². The average Bonchev–Trinajstić information content (AvgIpc) is 3.60. The SMILES string of the molecule is CC(=O)Nc1ccc(-c2csc(N[C@@H](Cc3ccc(N[SH](=O)=O)cc3)c3csc(-c4ccccc4)n3)n2)cc1. The second-order valence-corrected chi connectivity index (χ2v) is 11.2. The Morgan fingerprint density at radius 3 is 2.26 bits per heavy atom. The monoisotopic (exact) mass is 575 g/mol. The van der Waals surface area contributed by atoms with Crippen LogP contribution in [0.15, 0.2) is 89.6 Å². The number of thiazole rings is 2. The number of nitrogens with zero attached hydrogens (tertiary/aromatic N) is 2. The number of rotatable bonds is 10. The van der Waals surface area contributed by atoms with Gasteiger partial charge in [-0.25, -0.2) is 18.4 Å². The first-order valence-electron chi connectivity index (χ1n) is 12.0. The van der Waals surface area contributed by atoms with Gasteiger partial charge >= 0.3 is 0 Å². The normalized spacial score (nSPS) is 11.7. The topological polar surface area (TPSA) is 113 Å². The van der Waals surface area contributed by atoms with Gasteiger partial charge in [-0.05, 0) is 36.2 Å². The minimum atomic E-state index is -2.71. The summed E-state index contributed by atoms with van der Waals surface area (Å²) < 4.78 is 24.4. The van der Waals surface area contributed by atoms with Gasteiger partial charge in [-0.3, -0.25) is 9.52 Å². The fourth-order valence-electron chi connectivity index (χ4n) is 3.99. The number of hydrogen-bond donors (Lipinski definition) is 4. The summed E-state index contributed by atoms with van der Waals surface area (Å²) in [6.45, 7) is 1.48. The first-order valence-corrected chi connectivity index (χ1v) is 15.0. The Kier molecular flexibility index (Phi) is 8.30. The molecule has 3 aromatic carbocycles. The first-order chi connectivity index (χ1) is 18.9. The third-order valence-corrected chi connectivity index (χ3v) is 7.94. The molecule has 5 rings (SSSR count). The second-order valence-electron chi connectivity index (χ2n) is 8.71. The highest BCUT2D eigenvalue weighted by atomic mass is 32.2. The van der Waals surface area contributed by atoms with E-state index in [2.05, 4.69) is 20.7 Å². The molecule has 0 aliphatic carbocycles. The fraction of sp³-hybridized carbons (Fsp3) is 0.107. The Hall–Kier alpha value is -4.06. The predicted octanol–water partition coefficient (Wildman–Crippen LogP) is 6.23. The van der Waals surface area contributed by atoms with Crippen LogP contribution in [0.5, 0.6) is 0 Å². The Bertz CT molecular complexity index is 1620. The van der Waals surface area contributed by atoms with Gasteiger partial charge in [-0.15, -0.1) is 22.7 Å². The summed E-state index contributed by atoms with van der Waals surface area (Å²) in [6, 6.07) is 24.8. The van der Waals surface area contributed by atoms with E-state index < -0.39 is 10.9 Å². The Morgan fingerprint density at radius 2 is 1.56 bits per heavy atom. The highest BCUT2D eigenvalue weighted by molar-refractivity contribution is 7.73. The van der Waals surface area contributed by atoms with Crippen LogP contribution in [0.2, 0.25) is 0 Å². The van der Waals surface area contributed by atoms with Crippen molar-refractivity contribution >= 4 is 56.0 Å². The summed E-state index contributed by atoms with van der Waals surface area (Å²) in [6.07, 6.45) is 0.627. The molecule has 198 valence electrons. The maximum atomic E-state index is 11.3. The van der Waals surface area contributed by atoms with Crippen LogP contribution in [0, 0.1) is 0 Å². The molecule has 8 nitrogen and oxygen atoms in total. The minimum Gasteiger partial charge on any atom is -0.353 e. The van der Waals surface area contributed by atoms with E-state index in [1.54, 1.807) is 23.5 Å². The van der Waals surface area contributed by atoms with Crippen molar-refractivity contribution in [3.05, 3.63) is 101 Å². The van der Waals surface area contributed by atoms with E-state index in [9.17, 15) is 13.2 Å². The van der Waals surface area contributed by atoms with E-state index in [0.29, 0.717) is 12.1 Å². The van der Waals surface area contributed by atoms with Crippen molar-refractivity contribution in [2.45, 2.75) is 19.4 Å². The van der Waals surface area contributed by atoms with E-state index in [0.717, 1.165) is 43.9 Å². The van der Waals surface area contributed by atoms with Gasteiger partial charge in [0, 0.05) is 40.2 Å². The number of thiol groups is 1. The summed E-state index contributed by atoms with van der Waals surface area (Å²) in [5.74, 6) is -0.113. The van der Waals surface area contributed by atoms with Crippen molar-refractivity contribution in [2.75, 3.05) is 15.4 Å². The maximum absolute atomic E-state index is 11.3. The lowest BCUT2D eigenvalue weighted by Crippen LogP contribution is -2.14. The van der Waals surface area contributed by atoms with E-state index in [1.165, 1.54) is 18.3 Å². The van der Waals surface area contributed by atoms with Crippen LogP contribution >= 0.6 is 22.7 Å². The summed E-state index contributed by atoms with van der Waals surface area (Å²) in [7, 11) is -2.71. The van der Waals surface area contributed by atoms with Crippen LogP contribution in [0.25, 0.3) is 21.8 Å². The fourth-order valence-corrected chi connectivity index (χ4v) is 6.01. The number of benzene rings is 3. The molecule has 11 heteroatoms. The van der Waals surface area contributed by atoms with Gasteiger partial charge in [0.1, 0.15) is 5.01 Å². The predicted molar refractivity (Wildman–Crippen MR) is 160 cm³/mol. The maximum Gasteiger partial charge on any atom is 0.222 e. The number of nitrogens with one attached hydrogen (secondary N) is 3. The van der Waals surface area contributed by atoms with E-state index in [1.807, 2.05) is 72.1 Å². The second kappa shape index (κ2) is 12.2. The molecule has 0 spiro atoms. The van der Waals surface area contributed by atoms with Crippen LogP contribution in [-0.4, -0.2) is 24.3 Å². The quantitative estimate of drug-likeness (QED) is 0.147. The third kappa shape index (κ3) is 7.08. The molecular formula is C28H25N5O3S3. The standard InChI is InChI=1S/C28H25N5O3S3/c1-18(34)29-22-13-9-20(10-14-22)25-16-38-28(32-25)31-24(15-19-7-11-23(12-8-19)33-39(35)36)26-17-37-27(30-26)21-5-3-2-4-6-21/h2-14,16-17,24,39H,15H2,1H3,(H,29,34)(H,31,32)(H,33,35,36)/t24-/m0/s1. The van der Waals surface area contributed by atoms with Gasteiger partial charge < -0.3 is 10.6 Å². The molecule has 3 N–H and O–H groups in total. The molecule has 0 aliphatic rings. The largest absolute Gasteiger partial charge is 0.353 e. The molecule has 0 radical (unpaired) electrons. The minimum absolute atomic E-state index is 0.113. The molecule has 39 heavy (non-hydrogen) atoms. The van der Waals surface area contributed by atoms with E-state index >= 15 is 0 Å². The number of aromatic nitrogens is 2. The van der Waals surface area contributed by atoms with Crippen molar-refractivity contribution in [3.63, 3.8) is 0 Å². The van der Waals surface area contributed by atoms with Gasteiger partial charge in [-0.2, -0.15) is 0 Å². The number of carbonyl (C=O) groups excluding carboxylic acids is 1. The lowest BCUT2D eigenvalue weighted by molar-refractivity contribution is -0.114. The zero-order valence-corrected chi connectivity index (χ0v) is 23.4. The molecule has 0 bridgehead atoms. The van der Waals surface area contributed by atoms with Crippen molar-refractivity contribution in [2.24, 2.45) is 0 Å². The lowest BCUT2D eigenvalue weighted by atomic mass is 10.0. The Morgan fingerprint density at radius 1 is 0.846 bits per heavy atom. The van der Waals surface area contributed by atoms with Gasteiger partial charge in [-0.1, -0.05) is 54.6 Å². The van der Waals surface area contributed by atoms with Gasteiger partial charge in [0.15, 0.2) is 5.13 Å². The molecule has 0 fully saturated rings. The van der Waals surface area contributed by atoms with Crippen LogP contribution in [0.4, 0.5) is 16.5 Å². The lowest BCUT2D eigenvalue weighted by Gasteiger charge is -2.17. The smallest absolute Gasteiger partial charge is 0.222 e. The van der Waals surface area contributed by atoms with E-state index in [-0.39, 0.29) is 11.9 Å². The number of amides is 1. The average molecular weight is 576 g/mol. The molecule has 0 aliphatic heterocycles. The Balaban J connectivity index is 1.38. The number of hydrogen-bond acceptors (Lipinski definition) is 8. The zero-order valence-electron chi connectivity index (χ0n) is 20.8. The molecule has 5 aromatic rings. The molecule has 2 heterocycles. The highest BCUT2D eigenvalue weighted by Gasteiger charge is 2.19. The summed E-state index contributed by atoms with van der Waals surface area (Å²) in [5.41, 5.74) is 6.04. The molecular weight excluding hydrogens is 551 g/mol. The summed E-state index contributed by atoms with van der Waals surface area (Å²) >= 11 is 3.11. The molecule has 0 saturated heterocycles. The van der Waals surface area contributed by atoms with Crippen LogP contribution in [0.3, 0.4) is 0 Å². The van der Waals surface area contributed by atoms with Crippen LogP contribution in [-0.2, 0) is 22.1 Å². The van der Waals surface area contributed by atoms with Crippen LogP contribution < -0.4 is 15.4 Å². The molecule has 2 aromatic heterocycles. The highest BCUT2D eigenvalue weighted by Crippen LogP contribution is 2.32. The molecule has 0 unspecified atom stereocenters. The van der Waals surface area contributed by atoms with Gasteiger partial charge in [0.25, 0.3) is 0 Å². The summed E-state index contributed by atoms with van der Waals surface area (Å²) in [5, 5.41) is 12.1. The third-order valence-electron chi connectivity index (χ3n) is 5.82. The van der Waals surface area contributed by atoms with Crippen molar-refractivity contribution in [3.8, 4) is 21.8 Å². The molecule has 1 atom stereocenters. The number of anilines is 3. The Labute approximate surface area is 235 Å². The van der Waals surface area contributed by atoms with Crippen molar-refractivity contribution < 1.29 is 13.2 Å². The van der Waals surface area contributed by atoms with Crippen molar-refractivity contribution in [1.82, 2.24) is 9.97 Å². The van der Waals surface area contributed by atoms with Crippen LogP contribution in [0.1, 0.15) is 24.2 Å². The molecule has 1 amide bonds. The van der Waals surface area contributed by atoms with Gasteiger partial charge in [0.05, 0.1) is 17.4 Å². The van der Waals surface area contributed by atoms with Crippen molar-refractivity contribution in [1.29, 1.82) is 0 Å². The number of carbonyl (C=O) groups is 1. The summed E-state index contributed by atoms with van der Waals surface area (Å²) in [4.78, 5) is 21.0. The molecule has 0 saturated carbocycles. The zero-order chi connectivity index (χ0) is 27.2. The van der Waals surface area contributed by atoms with E-state index in [4.69, 9.17) is 9.97 Å². The first kappa shape index (κ1) is 26.5.